The van der Waals surface area contributed by atoms with Crippen molar-refractivity contribution in [3.63, 3.8) is 0 Å². The third kappa shape index (κ3) is 4.46. The van der Waals surface area contributed by atoms with Crippen molar-refractivity contribution < 1.29 is 19.8 Å². The van der Waals surface area contributed by atoms with Crippen molar-refractivity contribution in [1.29, 1.82) is 0 Å². The molecule has 0 heterocycles. The molecule has 1 aromatic rings. The number of hydrogen-bond donors (Lipinski definition) is 4. The summed E-state index contributed by atoms with van der Waals surface area (Å²) < 4.78 is 0. The highest BCUT2D eigenvalue weighted by Crippen LogP contribution is 2.24. The molecule has 0 fully saturated rings. The SMILES string of the molecule is CSCC[C@H](N)C(=O)Nc1cc(C(=O)O)ccc1O. The van der Waals surface area contributed by atoms with E-state index in [-0.39, 0.29) is 17.0 Å². The molecule has 0 aliphatic rings. The minimum Gasteiger partial charge on any atom is -0.506 e. The van der Waals surface area contributed by atoms with Crippen LogP contribution in [0.3, 0.4) is 0 Å². The molecule has 0 spiro atoms. The fraction of sp³-hybridized carbons (Fsp3) is 0.333. The number of thioether (sulfide) groups is 1. The number of phenolic OH excluding ortho intramolecular Hbond substituents is 1. The van der Waals surface area contributed by atoms with Gasteiger partial charge in [0.05, 0.1) is 17.3 Å². The fourth-order valence-corrected chi connectivity index (χ4v) is 1.86. The maximum Gasteiger partial charge on any atom is 0.335 e. The van der Waals surface area contributed by atoms with Gasteiger partial charge < -0.3 is 21.3 Å². The lowest BCUT2D eigenvalue weighted by atomic mass is 10.1. The first-order valence-corrected chi connectivity index (χ1v) is 6.96. The fourth-order valence-electron chi connectivity index (χ4n) is 1.37. The summed E-state index contributed by atoms with van der Waals surface area (Å²) in [6, 6.07) is 2.96. The lowest BCUT2D eigenvalue weighted by Crippen LogP contribution is -2.36. The van der Waals surface area contributed by atoms with E-state index in [0.29, 0.717) is 6.42 Å². The Labute approximate surface area is 115 Å². The Morgan fingerprint density at radius 3 is 2.74 bits per heavy atom. The summed E-state index contributed by atoms with van der Waals surface area (Å²) in [6.45, 7) is 0. The van der Waals surface area contributed by atoms with E-state index in [0.717, 1.165) is 5.75 Å². The number of aromatic carboxylic acids is 1. The van der Waals surface area contributed by atoms with Crippen molar-refractivity contribution in [2.45, 2.75) is 12.5 Å². The van der Waals surface area contributed by atoms with Crippen LogP contribution >= 0.6 is 11.8 Å². The van der Waals surface area contributed by atoms with E-state index >= 15 is 0 Å². The third-order valence-corrected chi connectivity index (χ3v) is 3.12. The number of carboxylic acid groups (broad SMARTS) is 1. The molecule has 0 aliphatic carbocycles. The van der Waals surface area contributed by atoms with E-state index in [2.05, 4.69) is 5.32 Å². The number of amides is 1. The highest BCUT2D eigenvalue weighted by molar-refractivity contribution is 7.98. The van der Waals surface area contributed by atoms with Crippen LogP contribution in [0.4, 0.5) is 5.69 Å². The zero-order valence-electron chi connectivity index (χ0n) is 10.4. The molecule has 0 unspecified atom stereocenters. The van der Waals surface area contributed by atoms with E-state index in [4.69, 9.17) is 10.8 Å². The number of carbonyl (C=O) groups is 2. The van der Waals surface area contributed by atoms with E-state index in [1.54, 1.807) is 11.8 Å². The molecular formula is C12H16N2O4S. The normalized spacial score (nSPS) is 11.9. The van der Waals surface area contributed by atoms with Crippen LogP contribution in [0.25, 0.3) is 0 Å². The summed E-state index contributed by atoms with van der Waals surface area (Å²) >= 11 is 1.58. The molecule has 5 N–H and O–H groups in total. The summed E-state index contributed by atoms with van der Waals surface area (Å²) in [4.78, 5) is 22.6. The third-order valence-electron chi connectivity index (χ3n) is 2.47. The van der Waals surface area contributed by atoms with Crippen molar-refractivity contribution in [2.24, 2.45) is 5.73 Å². The standard InChI is InChI=1S/C12H16N2O4S/c1-19-5-4-8(13)11(16)14-9-6-7(12(17)18)2-3-10(9)15/h2-3,6,8,15H,4-5,13H2,1H3,(H,14,16)(H,17,18)/t8-/m0/s1. The number of carbonyl (C=O) groups excluding carboxylic acids is 1. The van der Waals surface area contributed by atoms with Crippen molar-refractivity contribution in [3.8, 4) is 5.75 Å². The number of rotatable bonds is 6. The van der Waals surface area contributed by atoms with Gasteiger partial charge in [-0.25, -0.2) is 4.79 Å². The van der Waals surface area contributed by atoms with Gasteiger partial charge in [-0.05, 0) is 36.6 Å². The number of aromatic hydroxyl groups is 1. The highest BCUT2D eigenvalue weighted by atomic mass is 32.2. The van der Waals surface area contributed by atoms with Crippen LogP contribution in [0.2, 0.25) is 0 Å². The van der Waals surface area contributed by atoms with E-state index in [1.165, 1.54) is 18.2 Å². The molecule has 7 heteroatoms. The molecule has 0 saturated carbocycles. The summed E-state index contributed by atoms with van der Waals surface area (Å²) in [5.41, 5.74) is 5.70. The molecule has 0 saturated heterocycles. The van der Waals surface area contributed by atoms with E-state index in [1.807, 2.05) is 6.26 Å². The average molecular weight is 284 g/mol. The molecule has 1 atom stereocenters. The van der Waals surface area contributed by atoms with Gasteiger partial charge in [0.15, 0.2) is 0 Å². The number of phenols is 1. The zero-order valence-corrected chi connectivity index (χ0v) is 11.2. The van der Waals surface area contributed by atoms with Gasteiger partial charge in [0.1, 0.15) is 5.75 Å². The Balaban J connectivity index is 2.78. The predicted molar refractivity (Wildman–Crippen MR) is 74.7 cm³/mol. The van der Waals surface area contributed by atoms with Crippen LogP contribution in [-0.2, 0) is 4.79 Å². The molecular weight excluding hydrogens is 268 g/mol. The van der Waals surface area contributed by atoms with Gasteiger partial charge in [0, 0.05) is 0 Å². The lowest BCUT2D eigenvalue weighted by Gasteiger charge is -2.13. The van der Waals surface area contributed by atoms with E-state index in [9.17, 15) is 14.7 Å². The number of hydrogen-bond acceptors (Lipinski definition) is 5. The first kappa shape index (κ1) is 15.3. The van der Waals surface area contributed by atoms with Crippen molar-refractivity contribution in [1.82, 2.24) is 0 Å². The summed E-state index contributed by atoms with van der Waals surface area (Å²) in [5.74, 6) is -1.04. The first-order valence-electron chi connectivity index (χ1n) is 5.57. The van der Waals surface area contributed by atoms with Gasteiger partial charge >= 0.3 is 5.97 Å². The zero-order chi connectivity index (χ0) is 14.4. The smallest absolute Gasteiger partial charge is 0.335 e. The Bertz CT molecular complexity index is 479. The highest BCUT2D eigenvalue weighted by Gasteiger charge is 2.16. The maximum absolute atomic E-state index is 11.7. The number of nitrogens with one attached hydrogen (secondary N) is 1. The minimum atomic E-state index is -1.14. The Morgan fingerprint density at radius 2 is 2.16 bits per heavy atom. The van der Waals surface area contributed by atoms with Crippen LogP contribution < -0.4 is 11.1 Å². The van der Waals surface area contributed by atoms with Crippen LogP contribution in [0.5, 0.6) is 5.75 Å². The molecule has 0 radical (unpaired) electrons. The van der Waals surface area contributed by atoms with Gasteiger partial charge in [-0.1, -0.05) is 0 Å². The number of anilines is 1. The summed E-state index contributed by atoms with van der Waals surface area (Å²) in [7, 11) is 0. The largest absolute Gasteiger partial charge is 0.506 e. The van der Waals surface area contributed by atoms with Crippen LogP contribution in [0.1, 0.15) is 16.8 Å². The Hall–Kier alpha value is -1.73. The molecule has 0 aliphatic heterocycles. The number of benzene rings is 1. The molecule has 6 nitrogen and oxygen atoms in total. The second kappa shape index (κ2) is 7.01. The molecule has 1 aromatic carbocycles. The van der Waals surface area contributed by atoms with Gasteiger partial charge in [-0.3, -0.25) is 4.79 Å². The van der Waals surface area contributed by atoms with Crippen molar-refractivity contribution >= 4 is 29.3 Å². The second-order valence-electron chi connectivity index (χ2n) is 3.91. The minimum absolute atomic E-state index is 0.0224. The summed E-state index contributed by atoms with van der Waals surface area (Å²) in [5, 5.41) is 20.8. The molecule has 104 valence electrons. The van der Waals surface area contributed by atoms with E-state index < -0.39 is 17.9 Å². The number of carboxylic acids is 1. The van der Waals surface area contributed by atoms with Crippen LogP contribution in [0, 0.1) is 0 Å². The van der Waals surface area contributed by atoms with Crippen LogP contribution in [-0.4, -0.2) is 40.1 Å². The molecule has 1 amide bonds. The molecule has 0 bridgehead atoms. The quantitative estimate of drug-likeness (QED) is 0.582. The van der Waals surface area contributed by atoms with Crippen LogP contribution in [0.15, 0.2) is 18.2 Å². The van der Waals surface area contributed by atoms with Crippen molar-refractivity contribution in [2.75, 3.05) is 17.3 Å². The topological polar surface area (TPSA) is 113 Å². The Kier molecular flexibility index (Phi) is 5.65. The van der Waals surface area contributed by atoms with Gasteiger partial charge in [-0.15, -0.1) is 0 Å². The summed E-state index contributed by atoms with van der Waals surface area (Å²) in [6.07, 6.45) is 2.42. The monoisotopic (exact) mass is 284 g/mol. The van der Waals surface area contributed by atoms with Gasteiger partial charge in [0.25, 0.3) is 0 Å². The maximum atomic E-state index is 11.7. The second-order valence-corrected chi connectivity index (χ2v) is 4.90. The average Bonchev–Trinajstić information content (AvgIpc) is 2.38. The van der Waals surface area contributed by atoms with Gasteiger partial charge in [0.2, 0.25) is 5.91 Å². The predicted octanol–water partition coefficient (Wildman–Crippen LogP) is 1.11. The van der Waals surface area contributed by atoms with Crippen molar-refractivity contribution in [3.05, 3.63) is 23.8 Å². The first-order chi connectivity index (χ1) is 8.95. The Morgan fingerprint density at radius 1 is 1.47 bits per heavy atom. The molecule has 19 heavy (non-hydrogen) atoms. The lowest BCUT2D eigenvalue weighted by molar-refractivity contribution is -0.117. The number of nitrogens with two attached hydrogens (primary N) is 1. The van der Waals surface area contributed by atoms with Gasteiger partial charge in [-0.2, -0.15) is 11.8 Å². The molecule has 1 rings (SSSR count). The molecule has 0 aromatic heterocycles.